The average molecular weight is 428 g/mol. The number of hydrogen-bond donors (Lipinski definition) is 2. The molecule has 31 heavy (non-hydrogen) atoms. The van der Waals surface area contributed by atoms with Crippen molar-refractivity contribution in [3.8, 4) is 0 Å². The predicted molar refractivity (Wildman–Crippen MR) is 120 cm³/mol. The number of para-hydroxylation sites is 1. The molecule has 1 aliphatic heterocycles. The molecular formula is C23H16N4O3S. The van der Waals surface area contributed by atoms with Gasteiger partial charge in [-0.3, -0.25) is 10.1 Å². The number of nitro benzene ring substituents is 1. The Kier molecular flexibility index (Phi) is 4.68. The summed E-state index contributed by atoms with van der Waals surface area (Å²) in [5.41, 5.74) is 3.69. The summed E-state index contributed by atoms with van der Waals surface area (Å²) in [6.07, 6.45) is 0. The van der Waals surface area contributed by atoms with Gasteiger partial charge in [0.2, 0.25) is 0 Å². The highest BCUT2D eigenvalue weighted by Crippen LogP contribution is 2.41. The number of nitrogens with zero attached hydrogens (tertiary/aromatic N) is 2. The molecule has 0 radical (unpaired) electrons. The van der Waals surface area contributed by atoms with E-state index in [1.54, 1.807) is 12.1 Å². The van der Waals surface area contributed by atoms with Crippen LogP contribution in [0.25, 0.3) is 21.5 Å². The predicted octanol–water partition coefficient (Wildman–Crippen LogP) is 5.13. The summed E-state index contributed by atoms with van der Waals surface area (Å²) in [5.74, 6) is 0. The number of hydrogen-bond acceptors (Lipinski definition) is 5. The van der Waals surface area contributed by atoms with Crippen molar-refractivity contribution in [2.75, 3.05) is 0 Å². The van der Waals surface area contributed by atoms with Crippen LogP contribution in [0.15, 0.2) is 78.9 Å². The van der Waals surface area contributed by atoms with E-state index in [9.17, 15) is 14.9 Å². The molecule has 0 fully saturated rings. The minimum Gasteiger partial charge on any atom is -0.327 e. The van der Waals surface area contributed by atoms with Gasteiger partial charge >= 0.3 is 6.03 Å². The molecule has 0 bridgehead atoms. The molecule has 152 valence electrons. The highest BCUT2D eigenvalue weighted by atomic mass is 32.1. The third kappa shape index (κ3) is 3.53. The number of nitro groups is 1. The van der Waals surface area contributed by atoms with Crippen molar-refractivity contribution in [2.24, 2.45) is 0 Å². The van der Waals surface area contributed by atoms with Crippen molar-refractivity contribution in [3.63, 3.8) is 0 Å². The van der Waals surface area contributed by atoms with Gasteiger partial charge in [-0.1, -0.05) is 54.6 Å². The fraction of sp³-hybridized carbons (Fsp3) is 0.0435. The van der Waals surface area contributed by atoms with Crippen LogP contribution in [0.3, 0.4) is 0 Å². The minimum atomic E-state index is -0.593. The van der Waals surface area contributed by atoms with Gasteiger partial charge in [-0.15, -0.1) is 11.3 Å². The maximum Gasteiger partial charge on any atom is 0.320 e. The fourth-order valence-corrected chi connectivity index (χ4v) is 4.73. The molecule has 7 nitrogen and oxygen atoms in total. The van der Waals surface area contributed by atoms with E-state index in [4.69, 9.17) is 4.98 Å². The molecule has 2 amide bonds. The SMILES string of the molecule is O=C1NC(c2ccccc2)=C(c2nc3ccccc3s2)[C@@H](c2cccc([N+](=O)[O-])c2)N1. The first-order chi connectivity index (χ1) is 15.1. The first kappa shape index (κ1) is 19.0. The second-order valence-corrected chi connectivity index (χ2v) is 8.06. The summed E-state index contributed by atoms with van der Waals surface area (Å²) in [4.78, 5) is 28.3. The van der Waals surface area contributed by atoms with Gasteiger partial charge in [0.25, 0.3) is 5.69 Å². The third-order valence-electron chi connectivity index (χ3n) is 5.07. The Balaban J connectivity index is 1.76. The zero-order chi connectivity index (χ0) is 21.4. The van der Waals surface area contributed by atoms with Gasteiger partial charge in [-0.25, -0.2) is 9.78 Å². The maximum absolute atomic E-state index is 12.6. The van der Waals surface area contributed by atoms with E-state index >= 15 is 0 Å². The van der Waals surface area contributed by atoms with Crippen LogP contribution in [-0.2, 0) is 0 Å². The van der Waals surface area contributed by atoms with Crippen LogP contribution < -0.4 is 10.6 Å². The van der Waals surface area contributed by atoms with Crippen LogP contribution in [-0.4, -0.2) is 15.9 Å². The first-order valence-electron chi connectivity index (χ1n) is 9.57. The van der Waals surface area contributed by atoms with Crippen molar-refractivity contribution < 1.29 is 9.72 Å². The molecule has 0 saturated heterocycles. The normalized spacial score (nSPS) is 16.1. The Morgan fingerprint density at radius 1 is 0.968 bits per heavy atom. The molecule has 0 unspecified atom stereocenters. The minimum absolute atomic E-state index is 0.0322. The maximum atomic E-state index is 12.6. The van der Waals surface area contributed by atoms with Crippen molar-refractivity contribution >= 4 is 44.5 Å². The number of amides is 2. The lowest BCUT2D eigenvalue weighted by atomic mass is 9.93. The lowest BCUT2D eigenvalue weighted by molar-refractivity contribution is -0.384. The molecule has 8 heteroatoms. The summed E-state index contributed by atoms with van der Waals surface area (Å²) >= 11 is 1.52. The summed E-state index contributed by atoms with van der Waals surface area (Å²) in [6, 6.07) is 22.7. The van der Waals surface area contributed by atoms with E-state index in [1.165, 1.54) is 23.5 Å². The highest BCUT2D eigenvalue weighted by molar-refractivity contribution is 7.19. The van der Waals surface area contributed by atoms with Gasteiger partial charge in [0, 0.05) is 17.7 Å². The summed E-state index contributed by atoms with van der Waals surface area (Å²) in [7, 11) is 0. The monoisotopic (exact) mass is 428 g/mol. The second-order valence-electron chi connectivity index (χ2n) is 7.03. The van der Waals surface area contributed by atoms with Gasteiger partial charge in [0.1, 0.15) is 5.01 Å². The topological polar surface area (TPSA) is 97.2 Å². The lowest BCUT2D eigenvalue weighted by Gasteiger charge is -2.29. The summed E-state index contributed by atoms with van der Waals surface area (Å²) < 4.78 is 1.02. The molecule has 1 atom stereocenters. The molecular weight excluding hydrogens is 412 g/mol. The Morgan fingerprint density at radius 3 is 2.52 bits per heavy atom. The number of non-ortho nitro benzene ring substituents is 1. The number of urea groups is 1. The molecule has 2 N–H and O–H groups in total. The van der Waals surface area contributed by atoms with Gasteiger partial charge in [-0.2, -0.15) is 0 Å². The second kappa shape index (κ2) is 7.66. The summed E-state index contributed by atoms with van der Waals surface area (Å²) in [5, 5.41) is 17.9. The zero-order valence-corrected chi connectivity index (χ0v) is 16.9. The van der Waals surface area contributed by atoms with E-state index in [0.29, 0.717) is 11.3 Å². The molecule has 3 aromatic carbocycles. The van der Waals surface area contributed by atoms with Gasteiger partial charge in [-0.05, 0) is 23.3 Å². The van der Waals surface area contributed by atoms with Gasteiger partial charge in [0.15, 0.2) is 0 Å². The van der Waals surface area contributed by atoms with Gasteiger partial charge in [0.05, 0.1) is 26.9 Å². The number of benzene rings is 3. The molecule has 5 rings (SSSR count). The van der Waals surface area contributed by atoms with Gasteiger partial charge < -0.3 is 10.6 Å². The summed E-state index contributed by atoms with van der Waals surface area (Å²) in [6.45, 7) is 0. The molecule has 2 heterocycles. The van der Waals surface area contributed by atoms with Crippen LogP contribution in [0, 0.1) is 10.1 Å². The van der Waals surface area contributed by atoms with Crippen LogP contribution in [0.1, 0.15) is 22.2 Å². The number of thiazole rings is 1. The lowest BCUT2D eigenvalue weighted by Crippen LogP contribution is -2.42. The van der Waals surface area contributed by atoms with Crippen LogP contribution in [0.2, 0.25) is 0 Å². The first-order valence-corrected chi connectivity index (χ1v) is 10.4. The van der Waals surface area contributed by atoms with Crippen LogP contribution in [0.4, 0.5) is 10.5 Å². The Bertz CT molecular complexity index is 1310. The van der Waals surface area contributed by atoms with Crippen molar-refractivity contribution in [1.82, 2.24) is 15.6 Å². The standard InChI is InChI=1S/C23H16N4O3S/c28-23-25-20(14-7-2-1-3-8-14)19(22-24-17-11-4-5-12-18(17)31-22)21(26-23)15-9-6-10-16(13-15)27(29)30/h1-13,21H,(H2,25,26,28)/t21-/m1/s1. The van der Waals surface area contributed by atoms with Crippen molar-refractivity contribution in [2.45, 2.75) is 6.04 Å². The average Bonchev–Trinajstić information content (AvgIpc) is 3.23. The van der Waals surface area contributed by atoms with E-state index in [2.05, 4.69) is 10.6 Å². The third-order valence-corrected chi connectivity index (χ3v) is 6.14. The zero-order valence-electron chi connectivity index (χ0n) is 16.1. The highest BCUT2D eigenvalue weighted by Gasteiger charge is 2.32. The number of nitrogens with one attached hydrogen (secondary N) is 2. The van der Waals surface area contributed by atoms with E-state index < -0.39 is 11.0 Å². The number of carbonyl (C=O) groups excluding carboxylic acids is 1. The molecule has 0 saturated carbocycles. The Morgan fingerprint density at radius 2 is 1.74 bits per heavy atom. The molecule has 0 spiro atoms. The largest absolute Gasteiger partial charge is 0.327 e. The van der Waals surface area contributed by atoms with Crippen molar-refractivity contribution in [1.29, 1.82) is 0 Å². The molecule has 4 aromatic rings. The Labute approximate surface area is 181 Å². The number of aromatic nitrogens is 1. The van der Waals surface area contributed by atoms with E-state index in [0.717, 1.165) is 26.4 Å². The smallest absolute Gasteiger partial charge is 0.320 e. The molecule has 1 aromatic heterocycles. The fourth-order valence-electron chi connectivity index (χ4n) is 3.68. The van der Waals surface area contributed by atoms with E-state index in [1.807, 2.05) is 54.6 Å². The molecule has 0 aliphatic carbocycles. The van der Waals surface area contributed by atoms with Crippen molar-refractivity contribution in [3.05, 3.63) is 105 Å². The number of fused-ring (bicyclic) bond motifs is 1. The Hall–Kier alpha value is -4.04. The van der Waals surface area contributed by atoms with Crippen LogP contribution in [0.5, 0.6) is 0 Å². The van der Waals surface area contributed by atoms with Crippen LogP contribution >= 0.6 is 11.3 Å². The number of carbonyl (C=O) groups is 1. The number of rotatable bonds is 4. The quantitative estimate of drug-likeness (QED) is 0.348. The molecule has 1 aliphatic rings. The van der Waals surface area contributed by atoms with E-state index in [-0.39, 0.29) is 11.7 Å².